The van der Waals surface area contributed by atoms with Crippen LogP contribution in [0.5, 0.6) is 0 Å². The van der Waals surface area contributed by atoms with E-state index in [0.29, 0.717) is 16.6 Å². The van der Waals surface area contributed by atoms with Gasteiger partial charge in [-0.2, -0.15) is 0 Å². The zero-order valence-electron chi connectivity index (χ0n) is 11.0. The molecule has 0 unspecified atom stereocenters. The molecule has 0 aliphatic heterocycles. The molecular weight excluding hydrogens is 184 g/mol. The maximum Gasteiger partial charge on any atom is 0.132 e. The molecule has 1 aliphatic carbocycles. The molecule has 0 saturated heterocycles. The highest BCUT2D eigenvalue weighted by molar-refractivity contribution is 5.79. The highest BCUT2D eigenvalue weighted by atomic mass is 16.1. The number of hydrogen-bond acceptors (Lipinski definition) is 1. The van der Waals surface area contributed by atoms with E-state index in [9.17, 15) is 4.79 Å². The molecule has 0 heterocycles. The summed E-state index contributed by atoms with van der Waals surface area (Å²) < 4.78 is 0. The minimum Gasteiger partial charge on any atom is -0.300 e. The molecule has 0 aromatic carbocycles. The zero-order valence-corrected chi connectivity index (χ0v) is 11.0. The van der Waals surface area contributed by atoms with Crippen LogP contribution in [0.2, 0.25) is 0 Å². The maximum atomic E-state index is 11.2. The van der Waals surface area contributed by atoms with E-state index < -0.39 is 0 Å². The van der Waals surface area contributed by atoms with Crippen LogP contribution < -0.4 is 0 Å². The van der Waals surface area contributed by atoms with Crippen LogP contribution in [0, 0.1) is 16.7 Å². The van der Waals surface area contributed by atoms with E-state index in [2.05, 4.69) is 34.6 Å². The molecule has 1 fully saturated rings. The predicted molar refractivity (Wildman–Crippen MR) is 64.8 cm³/mol. The summed E-state index contributed by atoms with van der Waals surface area (Å²) in [5, 5.41) is 0. The summed E-state index contributed by atoms with van der Waals surface area (Å²) in [7, 11) is 0. The minimum absolute atomic E-state index is 0.388. The average molecular weight is 210 g/mol. The first-order valence-electron chi connectivity index (χ1n) is 6.22. The molecule has 15 heavy (non-hydrogen) atoms. The van der Waals surface area contributed by atoms with Crippen molar-refractivity contribution in [2.24, 2.45) is 16.7 Å². The first-order valence-corrected chi connectivity index (χ1v) is 6.22. The van der Waals surface area contributed by atoms with Crippen molar-refractivity contribution in [2.75, 3.05) is 0 Å². The summed E-state index contributed by atoms with van der Waals surface area (Å²) in [5.74, 6) is 1.22. The van der Waals surface area contributed by atoms with Crippen molar-refractivity contribution in [1.82, 2.24) is 0 Å². The molecule has 1 heteroatoms. The molecular formula is C14H26O. The van der Waals surface area contributed by atoms with Gasteiger partial charge in [0.15, 0.2) is 0 Å². The molecule has 1 nitrogen and oxygen atoms in total. The molecule has 0 amide bonds. The number of Topliss-reactive ketones (excluding diaryl/α,β-unsaturated/α-hetero) is 1. The van der Waals surface area contributed by atoms with Gasteiger partial charge in [-0.25, -0.2) is 0 Å². The van der Waals surface area contributed by atoms with Crippen LogP contribution >= 0.6 is 0 Å². The van der Waals surface area contributed by atoms with Crippen LogP contribution in [0.15, 0.2) is 0 Å². The number of hydrogen-bond donors (Lipinski definition) is 0. The monoisotopic (exact) mass is 210 g/mol. The molecule has 1 aliphatic rings. The molecule has 88 valence electrons. The van der Waals surface area contributed by atoms with Crippen LogP contribution in [0.3, 0.4) is 0 Å². The van der Waals surface area contributed by atoms with Crippen molar-refractivity contribution >= 4 is 5.78 Å². The van der Waals surface area contributed by atoms with Gasteiger partial charge in [0.05, 0.1) is 0 Å². The SMILES string of the molecule is CC(C)(C)CC(C)(C)C1CCC(=O)CC1. The molecule has 0 aromatic rings. The van der Waals surface area contributed by atoms with Gasteiger partial charge < -0.3 is 0 Å². The Labute approximate surface area is 94.6 Å². The van der Waals surface area contributed by atoms with Crippen LogP contribution in [0.1, 0.15) is 66.7 Å². The van der Waals surface area contributed by atoms with Gasteiger partial charge in [-0.3, -0.25) is 4.79 Å². The molecule has 1 saturated carbocycles. The van der Waals surface area contributed by atoms with E-state index in [-0.39, 0.29) is 0 Å². The fourth-order valence-corrected chi connectivity index (χ4v) is 3.23. The first-order chi connectivity index (χ1) is 6.71. The fraction of sp³-hybridized carbons (Fsp3) is 0.929. The van der Waals surface area contributed by atoms with E-state index in [1.165, 1.54) is 6.42 Å². The highest BCUT2D eigenvalue weighted by Crippen LogP contribution is 2.44. The lowest BCUT2D eigenvalue weighted by Gasteiger charge is -2.40. The van der Waals surface area contributed by atoms with Gasteiger partial charge in [0.2, 0.25) is 0 Å². The Morgan fingerprint density at radius 1 is 1.07 bits per heavy atom. The van der Waals surface area contributed by atoms with Crippen LogP contribution in [-0.2, 0) is 4.79 Å². The van der Waals surface area contributed by atoms with Gasteiger partial charge in [0.25, 0.3) is 0 Å². The topological polar surface area (TPSA) is 17.1 Å². The molecule has 0 spiro atoms. The standard InChI is InChI=1S/C14H26O/c1-13(2,3)10-14(4,5)11-6-8-12(15)9-7-11/h11H,6-10H2,1-5H3. The Morgan fingerprint density at radius 3 is 1.93 bits per heavy atom. The molecule has 0 radical (unpaired) electrons. The Hall–Kier alpha value is -0.330. The molecule has 0 N–H and O–H groups in total. The summed E-state index contributed by atoms with van der Waals surface area (Å²) >= 11 is 0. The second-order valence-corrected chi connectivity index (χ2v) is 7.04. The quantitative estimate of drug-likeness (QED) is 0.667. The van der Waals surface area contributed by atoms with E-state index in [4.69, 9.17) is 0 Å². The van der Waals surface area contributed by atoms with Gasteiger partial charge in [-0.15, -0.1) is 0 Å². The largest absolute Gasteiger partial charge is 0.300 e. The van der Waals surface area contributed by atoms with E-state index in [1.807, 2.05) is 0 Å². The minimum atomic E-state index is 0.388. The Morgan fingerprint density at radius 2 is 1.53 bits per heavy atom. The number of carbonyl (C=O) groups excluding carboxylic acids is 1. The van der Waals surface area contributed by atoms with Gasteiger partial charge in [-0.05, 0) is 36.0 Å². The second kappa shape index (κ2) is 4.27. The van der Waals surface area contributed by atoms with Crippen LogP contribution in [-0.4, -0.2) is 5.78 Å². The van der Waals surface area contributed by atoms with Crippen LogP contribution in [0.4, 0.5) is 0 Å². The summed E-state index contributed by atoms with van der Waals surface area (Å²) in [4.78, 5) is 11.2. The van der Waals surface area contributed by atoms with Gasteiger partial charge in [0, 0.05) is 12.8 Å². The summed E-state index contributed by atoms with van der Waals surface area (Å²) in [6.45, 7) is 11.7. The molecule has 0 bridgehead atoms. The van der Waals surface area contributed by atoms with Crippen LogP contribution in [0.25, 0.3) is 0 Å². The molecule has 1 rings (SSSR count). The molecule has 0 atom stereocenters. The van der Waals surface area contributed by atoms with Crippen molar-refractivity contribution in [3.63, 3.8) is 0 Å². The summed E-state index contributed by atoms with van der Waals surface area (Å²) in [6, 6.07) is 0. The number of rotatable bonds is 2. The lowest BCUT2D eigenvalue weighted by Crippen LogP contribution is -2.32. The van der Waals surface area contributed by atoms with Gasteiger partial charge in [0.1, 0.15) is 5.78 Å². The van der Waals surface area contributed by atoms with Gasteiger partial charge in [-0.1, -0.05) is 34.6 Å². The van der Waals surface area contributed by atoms with Gasteiger partial charge >= 0.3 is 0 Å². The van der Waals surface area contributed by atoms with Crippen molar-refractivity contribution < 1.29 is 4.79 Å². The Kier molecular flexibility index (Phi) is 3.63. The normalized spacial score (nSPS) is 20.7. The summed E-state index contributed by atoms with van der Waals surface area (Å²) in [6.07, 6.45) is 5.11. The lowest BCUT2D eigenvalue weighted by molar-refractivity contribution is -0.121. The molecule has 0 aromatic heterocycles. The third-order valence-corrected chi connectivity index (χ3v) is 3.63. The van der Waals surface area contributed by atoms with E-state index in [1.54, 1.807) is 0 Å². The van der Waals surface area contributed by atoms with Crippen molar-refractivity contribution in [2.45, 2.75) is 66.7 Å². The third kappa shape index (κ3) is 3.96. The second-order valence-electron chi connectivity index (χ2n) is 7.04. The smallest absolute Gasteiger partial charge is 0.132 e. The lowest BCUT2D eigenvalue weighted by atomic mass is 9.64. The number of carbonyl (C=O) groups is 1. The predicted octanol–water partition coefficient (Wildman–Crippen LogP) is 4.21. The zero-order chi connectivity index (χ0) is 11.7. The van der Waals surface area contributed by atoms with E-state index >= 15 is 0 Å². The number of ketones is 1. The van der Waals surface area contributed by atoms with Crippen molar-refractivity contribution in [3.05, 3.63) is 0 Å². The van der Waals surface area contributed by atoms with Crippen molar-refractivity contribution in [3.8, 4) is 0 Å². The van der Waals surface area contributed by atoms with Crippen molar-refractivity contribution in [1.29, 1.82) is 0 Å². The third-order valence-electron chi connectivity index (χ3n) is 3.63. The fourth-order valence-electron chi connectivity index (χ4n) is 3.23. The maximum absolute atomic E-state index is 11.2. The Balaban J connectivity index is 2.57. The average Bonchev–Trinajstić information content (AvgIpc) is 2.00. The van der Waals surface area contributed by atoms with E-state index in [0.717, 1.165) is 31.6 Å². The first kappa shape index (κ1) is 12.7. The highest BCUT2D eigenvalue weighted by Gasteiger charge is 2.35. The summed E-state index contributed by atoms with van der Waals surface area (Å²) in [5.41, 5.74) is 0.782. The Bertz CT molecular complexity index is 222.